The van der Waals surface area contributed by atoms with Crippen molar-refractivity contribution in [3.8, 4) is 0 Å². The summed E-state index contributed by atoms with van der Waals surface area (Å²) in [7, 11) is 0. The van der Waals surface area contributed by atoms with Crippen molar-refractivity contribution in [2.24, 2.45) is 5.73 Å². The van der Waals surface area contributed by atoms with Gasteiger partial charge in [-0.15, -0.1) is 0 Å². The predicted octanol–water partition coefficient (Wildman–Crippen LogP) is 2.07. The first-order valence-corrected chi connectivity index (χ1v) is 5.71. The van der Waals surface area contributed by atoms with Crippen LogP contribution in [0.2, 0.25) is 0 Å². The van der Waals surface area contributed by atoms with Gasteiger partial charge < -0.3 is 5.73 Å². The molecular weight excluding hydrogens is 224 g/mol. The summed E-state index contributed by atoms with van der Waals surface area (Å²) in [5, 5.41) is 1.08. The van der Waals surface area contributed by atoms with Crippen LogP contribution in [0.1, 0.15) is 17.3 Å². The zero-order valence-corrected chi connectivity index (χ0v) is 9.69. The van der Waals surface area contributed by atoms with E-state index in [1.807, 2.05) is 30.3 Å². The minimum Gasteiger partial charge on any atom is -0.319 e. The quantitative estimate of drug-likeness (QED) is 0.739. The number of hydrogen-bond acceptors (Lipinski definition) is 4. The molecule has 0 radical (unpaired) electrons. The fourth-order valence-corrected chi connectivity index (χ4v) is 1.93. The molecule has 0 saturated heterocycles. The van der Waals surface area contributed by atoms with Crippen molar-refractivity contribution in [3.05, 3.63) is 66.4 Å². The molecule has 1 aromatic carbocycles. The van der Waals surface area contributed by atoms with E-state index >= 15 is 0 Å². The highest BCUT2D eigenvalue weighted by atomic mass is 14.8. The van der Waals surface area contributed by atoms with Crippen LogP contribution < -0.4 is 5.73 Å². The SMILES string of the molecule is NC(c1ccc2ncccc2c1)c1cnccn1. The van der Waals surface area contributed by atoms with E-state index in [4.69, 9.17) is 5.73 Å². The summed E-state index contributed by atoms with van der Waals surface area (Å²) in [6, 6.07) is 9.68. The summed E-state index contributed by atoms with van der Waals surface area (Å²) in [4.78, 5) is 12.6. The number of aromatic nitrogens is 3. The second-order valence-corrected chi connectivity index (χ2v) is 4.06. The van der Waals surface area contributed by atoms with E-state index in [2.05, 4.69) is 15.0 Å². The lowest BCUT2D eigenvalue weighted by molar-refractivity contribution is 0.819. The van der Waals surface area contributed by atoms with Crippen LogP contribution in [0.15, 0.2) is 55.1 Å². The minimum absolute atomic E-state index is 0.261. The molecule has 2 heterocycles. The minimum atomic E-state index is -0.261. The van der Waals surface area contributed by atoms with Crippen molar-refractivity contribution in [2.45, 2.75) is 6.04 Å². The van der Waals surface area contributed by atoms with Gasteiger partial charge in [-0.25, -0.2) is 0 Å². The Morgan fingerprint density at radius 2 is 1.94 bits per heavy atom. The normalized spacial score (nSPS) is 12.5. The molecule has 2 aromatic heterocycles. The predicted molar refractivity (Wildman–Crippen MR) is 69.8 cm³/mol. The summed E-state index contributed by atoms with van der Waals surface area (Å²) in [6.45, 7) is 0. The van der Waals surface area contributed by atoms with Crippen molar-refractivity contribution < 1.29 is 0 Å². The second-order valence-electron chi connectivity index (χ2n) is 4.06. The third-order valence-electron chi connectivity index (χ3n) is 2.89. The number of benzene rings is 1. The molecule has 0 aliphatic heterocycles. The molecule has 3 rings (SSSR count). The number of nitrogens with zero attached hydrogens (tertiary/aromatic N) is 3. The summed E-state index contributed by atoms with van der Waals surface area (Å²) < 4.78 is 0. The molecule has 4 heteroatoms. The Morgan fingerprint density at radius 3 is 2.78 bits per heavy atom. The molecule has 0 fully saturated rings. The third-order valence-corrected chi connectivity index (χ3v) is 2.89. The van der Waals surface area contributed by atoms with Crippen LogP contribution in [0.5, 0.6) is 0 Å². The van der Waals surface area contributed by atoms with Crippen LogP contribution >= 0.6 is 0 Å². The first-order valence-electron chi connectivity index (χ1n) is 5.71. The van der Waals surface area contributed by atoms with E-state index in [-0.39, 0.29) is 6.04 Å². The average molecular weight is 236 g/mol. The van der Waals surface area contributed by atoms with Gasteiger partial charge >= 0.3 is 0 Å². The fraction of sp³-hybridized carbons (Fsp3) is 0.0714. The Bertz CT molecular complexity index is 667. The molecule has 0 bridgehead atoms. The number of fused-ring (bicyclic) bond motifs is 1. The zero-order chi connectivity index (χ0) is 12.4. The van der Waals surface area contributed by atoms with Crippen molar-refractivity contribution >= 4 is 10.9 Å². The highest BCUT2D eigenvalue weighted by Gasteiger charge is 2.10. The van der Waals surface area contributed by atoms with Crippen LogP contribution in [0.25, 0.3) is 10.9 Å². The van der Waals surface area contributed by atoms with Gasteiger partial charge in [0.25, 0.3) is 0 Å². The Kier molecular flexibility index (Phi) is 2.70. The standard InChI is InChI=1S/C14H12N4/c15-14(13-9-16-6-7-18-13)11-3-4-12-10(8-11)2-1-5-17-12/h1-9,14H,15H2. The molecule has 18 heavy (non-hydrogen) atoms. The van der Waals surface area contributed by atoms with E-state index in [1.165, 1.54) is 0 Å². The number of nitrogens with two attached hydrogens (primary N) is 1. The Morgan fingerprint density at radius 1 is 1.00 bits per heavy atom. The van der Waals surface area contributed by atoms with Crippen molar-refractivity contribution in [1.82, 2.24) is 15.0 Å². The number of rotatable bonds is 2. The number of hydrogen-bond donors (Lipinski definition) is 1. The molecular formula is C14H12N4. The maximum Gasteiger partial charge on any atom is 0.0799 e. The Labute approximate surface area is 105 Å². The third kappa shape index (κ3) is 1.94. The van der Waals surface area contributed by atoms with E-state index in [0.717, 1.165) is 22.2 Å². The lowest BCUT2D eigenvalue weighted by Gasteiger charge is -2.11. The van der Waals surface area contributed by atoms with Gasteiger partial charge in [-0.05, 0) is 23.8 Å². The second kappa shape index (κ2) is 4.50. The van der Waals surface area contributed by atoms with Crippen molar-refractivity contribution in [1.29, 1.82) is 0 Å². The largest absolute Gasteiger partial charge is 0.319 e. The van der Waals surface area contributed by atoms with Gasteiger partial charge in [0.2, 0.25) is 0 Å². The van der Waals surface area contributed by atoms with E-state index in [9.17, 15) is 0 Å². The van der Waals surface area contributed by atoms with Gasteiger partial charge in [-0.3, -0.25) is 15.0 Å². The molecule has 2 N–H and O–H groups in total. The van der Waals surface area contributed by atoms with Gasteiger partial charge in [0.1, 0.15) is 0 Å². The summed E-state index contributed by atoms with van der Waals surface area (Å²) in [6.07, 6.45) is 6.76. The summed E-state index contributed by atoms with van der Waals surface area (Å²) in [5.74, 6) is 0. The smallest absolute Gasteiger partial charge is 0.0799 e. The topological polar surface area (TPSA) is 64.7 Å². The van der Waals surface area contributed by atoms with Gasteiger partial charge in [-0.2, -0.15) is 0 Å². The fourth-order valence-electron chi connectivity index (χ4n) is 1.93. The lowest BCUT2D eigenvalue weighted by Crippen LogP contribution is -2.13. The van der Waals surface area contributed by atoms with Gasteiger partial charge in [-0.1, -0.05) is 12.1 Å². The highest BCUT2D eigenvalue weighted by molar-refractivity contribution is 5.79. The monoisotopic (exact) mass is 236 g/mol. The highest BCUT2D eigenvalue weighted by Crippen LogP contribution is 2.21. The van der Waals surface area contributed by atoms with Crippen molar-refractivity contribution in [2.75, 3.05) is 0 Å². The first kappa shape index (κ1) is 10.8. The molecule has 0 saturated carbocycles. The number of pyridine rings is 1. The van der Waals surface area contributed by atoms with Crippen LogP contribution in [0.4, 0.5) is 0 Å². The van der Waals surface area contributed by atoms with Crippen LogP contribution in [0.3, 0.4) is 0 Å². The molecule has 1 atom stereocenters. The first-order chi connectivity index (χ1) is 8.84. The molecule has 1 unspecified atom stereocenters. The van der Waals surface area contributed by atoms with E-state index in [0.29, 0.717) is 0 Å². The maximum atomic E-state index is 6.18. The molecule has 88 valence electrons. The van der Waals surface area contributed by atoms with Gasteiger partial charge in [0.05, 0.1) is 23.4 Å². The molecule has 0 amide bonds. The maximum absolute atomic E-state index is 6.18. The molecule has 3 aromatic rings. The molecule has 0 spiro atoms. The molecule has 4 nitrogen and oxygen atoms in total. The average Bonchev–Trinajstić information content (AvgIpc) is 2.47. The van der Waals surface area contributed by atoms with Crippen LogP contribution in [0, 0.1) is 0 Å². The van der Waals surface area contributed by atoms with Crippen LogP contribution in [-0.4, -0.2) is 15.0 Å². The van der Waals surface area contributed by atoms with Gasteiger partial charge in [0.15, 0.2) is 0 Å². The van der Waals surface area contributed by atoms with Crippen LogP contribution in [-0.2, 0) is 0 Å². The molecule has 0 aliphatic carbocycles. The van der Waals surface area contributed by atoms with E-state index in [1.54, 1.807) is 24.8 Å². The Balaban J connectivity index is 2.04. The molecule has 0 aliphatic rings. The van der Waals surface area contributed by atoms with E-state index < -0.39 is 0 Å². The summed E-state index contributed by atoms with van der Waals surface area (Å²) >= 11 is 0. The summed E-state index contributed by atoms with van der Waals surface area (Å²) in [5.41, 5.74) is 8.92. The van der Waals surface area contributed by atoms with Crippen molar-refractivity contribution in [3.63, 3.8) is 0 Å². The van der Waals surface area contributed by atoms with Gasteiger partial charge in [0, 0.05) is 24.0 Å². The lowest BCUT2D eigenvalue weighted by atomic mass is 10.0. The Hall–Kier alpha value is -2.33. The zero-order valence-electron chi connectivity index (χ0n) is 9.69.